The van der Waals surface area contributed by atoms with Gasteiger partial charge in [0.1, 0.15) is 0 Å². The molecule has 2 aromatic rings. The molecule has 0 amide bonds. The average Bonchev–Trinajstić information content (AvgIpc) is 2.41. The van der Waals surface area contributed by atoms with Gasteiger partial charge in [0.15, 0.2) is 0 Å². The van der Waals surface area contributed by atoms with Gasteiger partial charge in [-0.15, -0.1) is 0 Å². The smallest absolute Gasteiger partial charge is 0.0761 e. The molecule has 0 saturated carbocycles. The Balaban J connectivity index is 1.99. The van der Waals surface area contributed by atoms with Gasteiger partial charge in [0.25, 0.3) is 0 Å². The summed E-state index contributed by atoms with van der Waals surface area (Å²) < 4.78 is 5.49. The molecule has 102 valence electrons. The maximum atomic E-state index is 6.17. The Morgan fingerprint density at radius 3 is 2.95 bits per heavy atom. The van der Waals surface area contributed by atoms with Gasteiger partial charge in [-0.3, -0.25) is 4.98 Å². The topological polar surface area (TPSA) is 34.1 Å². The molecule has 3 nitrogen and oxygen atoms in total. The fourth-order valence-electron chi connectivity index (χ4n) is 1.93. The normalized spacial score (nSPS) is 11.4. The van der Waals surface area contributed by atoms with Gasteiger partial charge < -0.3 is 10.1 Å². The van der Waals surface area contributed by atoms with Crippen LogP contribution in [0.25, 0.3) is 10.9 Å². The summed E-state index contributed by atoms with van der Waals surface area (Å²) >= 11 is 6.17. The lowest BCUT2D eigenvalue weighted by Crippen LogP contribution is -2.21. The second kappa shape index (κ2) is 6.85. The van der Waals surface area contributed by atoms with E-state index >= 15 is 0 Å². The first-order valence-electron chi connectivity index (χ1n) is 6.53. The number of pyridine rings is 1. The summed E-state index contributed by atoms with van der Waals surface area (Å²) in [7, 11) is 0. The number of ether oxygens (including phenoxy) is 1. The Bertz CT molecular complexity index is 543. The lowest BCUT2D eigenvalue weighted by molar-refractivity contribution is 0.0807. The number of rotatable bonds is 6. The van der Waals surface area contributed by atoms with Crippen LogP contribution in [0.3, 0.4) is 0 Å². The number of nitrogens with zero attached hydrogens (tertiary/aromatic N) is 1. The first kappa shape index (κ1) is 14.3. The number of aromatic nitrogens is 1. The molecule has 0 aliphatic carbocycles. The molecule has 0 aliphatic rings. The van der Waals surface area contributed by atoms with Gasteiger partial charge in [-0.05, 0) is 37.6 Å². The molecule has 0 spiro atoms. The highest BCUT2D eigenvalue weighted by molar-refractivity contribution is 6.35. The summed E-state index contributed by atoms with van der Waals surface area (Å²) in [6, 6.07) is 7.85. The second-order valence-corrected chi connectivity index (χ2v) is 5.11. The van der Waals surface area contributed by atoms with E-state index in [1.165, 1.54) is 0 Å². The molecule has 1 aromatic heterocycles. The largest absolute Gasteiger partial charge is 0.377 e. The summed E-state index contributed by atoms with van der Waals surface area (Å²) in [4.78, 5) is 4.41. The van der Waals surface area contributed by atoms with E-state index in [4.69, 9.17) is 16.3 Å². The van der Waals surface area contributed by atoms with Crippen LogP contribution in [0.15, 0.2) is 30.5 Å². The molecule has 0 aliphatic heterocycles. The van der Waals surface area contributed by atoms with E-state index in [2.05, 4.69) is 10.3 Å². The van der Waals surface area contributed by atoms with Gasteiger partial charge in [-0.1, -0.05) is 17.7 Å². The molecule has 1 aromatic carbocycles. The summed E-state index contributed by atoms with van der Waals surface area (Å²) in [6.45, 7) is 6.39. The van der Waals surface area contributed by atoms with Crippen molar-refractivity contribution in [2.45, 2.75) is 26.5 Å². The first-order chi connectivity index (χ1) is 9.18. The Morgan fingerprint density at radius 1 is 1.32 bits per heavy atom. The summed E-state index contributed by atoms with van der Waals surface area (Å²) in [6.07, 6.45) is 2.07. The van der Waals surface area contributed by atoms with Crippen LogP contribution in [-0.4, -0.2) is 24.2 Å². The monoisotopic (exact) mass is 278 g/mol. The summed E-state index contributed by atoms with van der Waals surface area (Å²) in [5.74, 6) is 0. The lowest BCUT2D eigenvalue weighted by atomic mass is 10.1. The number of hydrogen-bond donors (Lipinski definition) is 1. The number of hydrogen-bond acceptors (Lipinski definition) is 3. The van der Waals surface area contributed by atoms with Crippen molar-refractivity contribution < 1.29 is 4.74 Å². The van der Waals surface area contributed by atoms with E-state index in [9.17, 15) is 0 Å². The Labute approximate surface area is 118 Å². The molecule has 0 atom stereocenters. The Morgan fingerprint density at radius 2 is 2.16 bits per heavy atom. The molecule has 0 radical (unpaired) electrons. The van der Waals surface area contributed by atoms with Gasteiger partial charge in [0.2, 0.25) is 0 Å². The molecule has 2 rings (SSSR count). The highest BCUT2D eigenvalue weighted by Gasteiger charge is 2.05. The van der Waals surface area contributed by atoms with Crippen LogP contribution in [0.4, 0.5) is 0 Å². The van der Waals surface area contributed by atoms with E-state index in [-0.39, 0.29) is 6.10 Å². The fraction of sp³-hybridized carbons (Fsp3) is 0.400. The van der Waals surface area contributed by atoms with E-state index in [0.29, 0.717) is 0 Å². The SMILES string of the molecule is CC(C)OCCNCc1ccc(Cl)c2cccnc12. The van der Waals surface area contributed by atoms with E-state index < -0.39 is 0 Å². The van der Waals surface area contributed by atoms with Crippen LogP contribution >= 0.6 is 11.6 Å². The zero-order valence-electron chi connectivity index (χ0n) is 11.3. The van der Waals surface area contributed by atoms with Crippen molar-refractivity contribution in [3.05, 3.63) is 41.0 Å². The third kappa shape index (κ3) is 3.90. The molecule has 1 heterocycles. The van der Waals surface area contributed by atoms with Crippen LogP contribution in [-0.2, 0) is 11.3 Å². The van der Waals surface area contributed by atoms with Gasteiger partial charge in [-0.2, -0.15) is 0 Å². The van der Waals surface area contributed by atoms with Crippen molar-refractivity contribution >= 4 is 22.5 Å². The first-order valence-corrected chi connectivity index (χ1v) is 6.90. The molecule has 19 heavy (non-hydrogen) atoms. The highest BCUT2D eigenvalue weighted by atomic mass is 35.5. The zero-order chi connectivity index (χ0) is 13.7. The predicted molar refractivity (Wildman–Crippen MR) is 79.5 cm³/mol. The van der Waals surface area contributed by atoms with Crippen molar-refractivity contribution in [3.8, 4) is 0 Å². The van der Waals surface area contributed by atoms with Crippen LogP contribution in [0, 0.1) is 0 Å². The standard InChI is InChI=1S/C15H19ClN2O/c1-11(2)19-9-8-17-10-12-5-6-14(16)13-4-3-7-18-15(12)13/h3-7,11,17H,8-10H2,1-2H3. The molecule has 0 bridgehead atoms. The Kier molecular flexibility index (Phi) is 5.14. The third-order valence-corrected chi connectivity index (χ3v) is 3.18. The number of fused-ring (bicyclic) bond motifs is 1. The average molecular weight is 279 g/mol. The molecule has 0 fully saturated rings. The molecular weight excluding hydrogens is 260 g/mol. The fourth-order valence-corrected chi connectivity index (χ4v) is 2.14. The van der Waals surface area contributed by atoms with Gasteiger partial charge in [0, 0.05) is 29.7 Å². The van der Waals surface area contributed by atoms with Crippen molar-refractivity contribution in [3.63, 3.8) is 0 Å². The van der Waals surface area contributed by atoms with Crippen molar-refractivity contribution in [2.75, 3.05) is 13.2 Å². The van der Waals surface area contributed by atoms with Crippen molar-refractivity contribution in [2.24, 2.45) is 0 Å². The zero-order valence-corrected chi connectivity index (χ0v) is 12.1. The summed E-state index contributed by atoms with van der Waals surface area (Å²) in [5.41, 5.74) is 2.12. The molecule has 0 saturated heterocycles. The predicted octanol–water partition coefficient (Wildman–Crippen LogP) is 3.40. The van der Waals surface area contributed by atoms with Crippen LogP contribution in [0.1, 0.15) is 19.4 Å². The van der Waals surface area contributed by atoms with E-state index in [1.54, 1.807) is 6.20 Å². The summed E-state index contributed by atoms with van der Waals surface area (Å²) in [5, 5.41) is 5.11. The number of halogens is 1. The van der Waals surface area contributed by atoms with Gasteiger partial charge in [0.05, 0.1) is 18.2 Å². The van der Waals surface area contributed by atoms with Crippen molar-refractivity contribution in [1.82, 2.24) is 10.3 Å². The molecule has 1 N–H and O–H groups in total. The quantitative estimate of drug-likeness (QED) is 0.823. The molecular formula is C15H19ClN2O. The van der Waals surface area contributed by atoms with Crippen LogP contribution in [0.5, 0.6) is 0 Å². The maximum absolute atomic E-state index is 6.17. The third-order valence-electron chi connectivity index (χ3n) is 2.85. The van der Waals surface area contributed by atoms with E-state index in [1.807, 2.05) is 38.1 Å². The number of benzene rings is 1. The van der Waals surface area contributed by atoms with Crippen LogP contribution < -0.4 is 5.32 Å². The number of nitrogens with one attached hydrogen (secondary N) is 1. The van der Waals surface area contributed by atoms with E-state index in [0.717, 1.165) is 41.2 Å². The minimum absolute atomic E-state index is 0.278. The molecule has 0 unspecified atom stereocenters. The maximum Gasteiger partial charge on any atom is 0.0761 e. The second-order valence-electron chi connectivity index (χ2n) is 4.70. The van der Waals surface area contributed by atoms with Gasteiger partial charge in [-0.25, -0.2) is 0 Å². The molecule has 4 heteroatoms. The van der Waals surface area contributed by atoms with Crippen LogP contribution in [0.2, 0.25) is 5.02 Å². The lowest BCUT2D eigenvalue weighted by Gasteiger charge is -2.10. The Hall–Kier alpha value is -1.16. The van der Waals surface area contributed by atoms with Gasteiger partial charge >= 0.3 is 0 Å². The minimum Gasteiger partial charge on any atom is -0.377 e. The van der Waals surface area contributed by atoms with Crippen molar-refractivity contribution in [1.29, 1.82) is 0 Å². The highest BCUT2D eigenvalue weighted by Crippen LogP contribution is 2.24. The minimum atomic E-state index is 0.278.